The molecular formula is C21H21N3O5. The van der Waals surface area contributed by atoms with Gasteiger partial charge in [-0.15, -0.1) is 0 Å². The third-order valence-electron chi connectivity index (χ3n) is 5.91. The van der Waals surface area contributed by atoms with Gasteiger partial charge < -0.3 is 9.47 Å². The van der Waals surface area contributed by atoms with Crippen molar-refractivity contribution < 1.29 is 23.9 Å². The number of benzene rings is 1. The van der Waals surface area contributed by atoms with Crippen molar-refractivity contribution in [1.82, 2.24) is 5.01 Å². The van der Waals surface area contributed by atoms with Gasteiger partial charge in [0, 0.05) is 17.7 Å². The number of hydrogen-bond acceptors (Lipinski definition) is 7. The smallest absolute Gasteiger partial charge is 0.240 e. The lowest BCUT2D eigenvalue weighted by Gasteiger charge is -2.33. The van der Waals surface area contributed by atoms with Gasteiger partial charge in [0.1, 0.15) is 6.04 Å². The summed E-state index contributed by atoms with van der Waals surface area (Å²) >= 11 is 0. The summed E-state index contributed by atoms with van der Waals surface area (Å²) < 4.78 is 10.7. The summed E-state index contributed by atoms with van der Waals surface area (Å²) in [7, 11) is 0. The third-order valence-corrected chi connectivity index (χ3v) is 5.91. The Morgan fingerprint density at radius 1 is 1.10 bits per heavy atom. The number of hydrogen-bond donors (Lipinski definition) is 0. The number of carbonyl (C=O) groups is 3. The summed E-state index contributed by atoms with van der Waals surface area (Å²) in [5.41, 5.74) is -0.244. The van der Waals surface area contributed by atoms with Gasteiger partial charge in [0.25, 0.3) is 0 Å². The first kappa shape index (κ1) is 17.9. The number of hydrazone groups is 1. The summed E-state index contributed by atoms with van der Waals surface area (Å²) in [6.45, 7) is 5.56. The van der Waals surface area contributed by atoms with Crippen LogP contribution in [0, 0.1) is 17.3 Å². The number of fused-ring (bicyclic) bond motifs is 4. The van der Waals surface area contributed by atoms with E-state index >= 15 is 0 Å². The van der Waals surface area contributed by atoms with Crippen molar-refractivity contribution in [2.24, 2.45) is 22.4 Å². The molecule has 2 fully saturated rings. The number of amides is 2. The maximum Gasteiger partial charge on any atom is 0.240 e. The van der Waals surface area contributed by atoms with Crippen LogP contribution in [0.1, 0.15) is 20.8 Å². The van der Waals surface area contributed by atoms with Crippen molar-refractivity contribution in [3.63, 3.8) is 0 Å². The minimum Gasteiger partial charge on any atom is -0.454 e. The molecule has 0 bridgehead atoms. The number of ether oxygens (including phenoxy) is 2. The number of allylic oxidation sites excluding steroid dienone is 1. The molecule has 4 aliphatic heterocycles. The van der Waals surface area contributed by atoms with E-state index in [1.165, 1.54) is 4.90 Å². The SMILES string of the molecule is CC(C)(C)C(=O)[C@H]1[C@H]2C(=O)N(c3ccc4c(c3)OCO4)C(=O)[C@H]2[C@@H]2C=CC=NN21. The Morgan fingerprint density at radius 2 is 1.83 bits per heavy atom. The lowest BCUT2D eigenvalue weighted by atomic mass is 9.80. The zero-order valence-corrected chi connectivity index (χ0v) is 16.4. The second kappa shape index (κ2) is 5.92. The second-order valence-corrected chi connectivity index (χ2v) is 8.68. The number of rotatable bonds is 2. The minimum absolute atomic E-state index is 0.101. The van der Waals surface area contributed by atoms with E-state index in [0.717, 1.165) is 0 Å². The van der Waals surface area contributed by atoms with Crippen LogP contribution in [0.2, 0.25) is 0 Å². The highest BCUT2D eigenvalue weighted by Gasteiger charge is 2.64. The topological polar surface area (TPSA) is 88.5 Å². The first-order valence-corrected chi connectivity index (χ1v) is 9.60. The van der Waals surface area contributed by atoms with Crippen LogP contribution in [0.4, 0.5) is 5.69 Å². The highest BCUT2D eigenvalue weighted by atomic mass is 16.7. The van der Waals surface area contributed by atoms with Gasteiger partial charge in [0.15, 0.2) is 17.3 Å². The van der Waals surface area contributed by atoms with Crippen molar-refractivity contribution in [2.45, 2.75) is 32.9 Å². The van der Waals surface area contributed by atoms with E-state index in [1.54, 1.807) is 35.5 Å². The van der Waals surface area contributed by atoms with Crippen LogP contribution in [-0.2, 0) is 14.4 Å². The molecule has 2 amide bonds. The molecule has 1 aromatic rings. The molecule has 5 rings (SSSR count). The predicted molar refractivity (Wildman–Crippen MR) is 104 cm³/mol. The largest absolute Gasteiger partial charge is 0.454 e. The Morgan fingerprint density at radius 3 is 2.59 bits per heavy atom. The second-order valence-electron chi connectivity index (χ2n) is 8.68. The molecule has 4 aliphatic rings. The first-order valence-electron chi connectivity index (χ1n) is 9.60. The number of anilines is 1. The van der Waals surface area contributed by atoms with Crippen LogP contribution in [0.5, 0.6) is 11.5 Å². The lowest BCUT2D eigenvalue weighted by molar-refractivity contribution is -0.136. The van der Waals surface area contributed by atoms with Gasteiger partial charge in [-0.2, -0.15) is 5.10 Å². The molecule has 0 N–H and O–H groups in total. The average Bonchev–Trinajstić information content (AvgIpc) is 3.34. The number of Topliss-reactive ketones (excluding diaryl/α,β-unsaturated/α-hetero) is 1. The van der Waals surface area contributed by atoms with Crippen LogP contribution >= 0.6 is 0 Å². The monoisotopic (exact) mass is 395 g/mol. The van der Waals surface area contributed by atoms with E-state index in [2.05, 4.69) is 5.10 Å². The van der Waals surface area contributed by atoms with Crippen molar-refractivity contribution in [3.05, 3.63) is 30.4 Å². The van der Waals surface area contributed by atoms with E-state index in [4.69, 9.17) is 9.47 Å². The molecule has 2 saturated heterocycles. The zero-order chi connectivity index (χ0) is 20.5. The summed E-state index contributed by atoms with van der Waals surface area (Å²) in [6.07, 6.45) is 5.18. The fraction of sp³-hybridized carbons (Fsp3) is 0.429. The van der Waals surface area contributed by atoms with Gasteiger partial charge in [0.2, 0.25) is 18.6 Å². The Kier molecular flexibility index (Phi) is 3.65. The molecular weight excluding hydrogens is 374 g/mol. The van der Waals surface area contributed by atoms with E-state index < -0.39 is 29.3 Å². The summed E-state index contributed by atoms with van der Waals surface area (Å²) in [5, 5.41) is 5.98. The maximum absolute atomic E-state index is 13.5. The van der Waals surface area contributed by atoms with Crippen molar-refractivity contribution >= 4 is 29.5 Å². The van der Waals surface area contributed by atoms with Crippen LogP contribution in [0.15, 0.2) is 35.5 Å². The number of carbonyl (C=O) groups excluding carboxylic acids is 3. The van der Waals surface area contributed by atoms with Crippen LogP contribution in [-0.4, -0.2) is 47.7 Å². The number of imide groups is 1. The van der Waals surface area contributed by atoms with Gasteiger partial charge in [-0.05, 0) is 18.2 Å². The highest BCUT2D eigenvalue weighted by molar-refractivity contribution is 6.24. The molecule has 4 heterocycles. The molecule has 8 nitrogen and oxygen atoms in total. The van der Waals surface area contributed by atoms with Crippen LogP contribution in [0.25, 0.3) is 0 Å². The van der Waals surface area contributed by atoms with E-state index in [1.807, 2.05) is 26.8 Å². The Balaban J connectivity index is 1.57. The van der Waals surface area contributed by atoms with Crippen molar-refractivity contribution in [2.75, 3.05) is 11.7 Å². The number of ketones is 1. The molecule has 0 unspecified atom stereocenters. The quantitative estimate of drug-likeness (QED) is 0.709. The Hall–Kier alpha value is -3.16. The molecule has 0 radical (unpaired) electrons. The Bertz CT molecular complexity index is 993. The molecule has 0 aromatic heterocycles. The molecule has 29 heavy (non-hydrogen) atoms. The normalized spacial score (nSPS) is 29.5. The summed E-state index contributed by atoms with van der Waals surface area (Å²) in [5.74, 6) is -1.16. The highest BCUT2D eigenvalue weighted by Crippen LogP contribution is 2.48. The first-order chi connectivity index (χ1) is 13.8. The molecule has 0 spiro atoms. The van der Waals surface area contributed by atoms with Crippen molar-refractivity contribution in [1.29, 1.82) is 0 Å². The number of nitrogens with zero attached hydrogens (tertiary/aromatic N) is 3. The van der Waals surface area contributed by atoms with Crippen LogP contribution < -0.4 is 14.4 Å². The van der Waals surface area contributed by atoms with Gasteiger partial charge in [-0.1, -0.05) is 26.8 Å². The fourth-order valence-electron chi connectivity index (χ4n) is 4.56. The van der Waals surface area contributed by atoms with E-state index in [-0.39, 0.29) is 24.4 Å². The maximum atomic E-state index is 13.5. The third kappa shape index (κ3) is 2.44. The summed E-state index contributed by atoms with van der Waals surface area (Å²) in [6, 6.07) is 3.78. The molecule has 8 heteroatoms. The average molecular weight is 395 g/mol. The van der Waals surface area contributed by atoms with Crippen molar-refractivity contribution in [3.8, 4) is 11.5 Å². The zero-order valence-electron chi connectivity index (χ0n) is 16.4. The van der Waals surface area contributed by atoms with Gasteiger partial charge >= 0.3 is 0 Å². The molecule has 4 atom stereocenters. The molecule has 1 aromatic carbocycles. The van der Waals surface area contributed by atoms with E-state index in [0.29, 0.717) is 17.2 Å². The molecule has 150 valence electrons. The Labute approximate surface area is 167 Å². The standard InChI is InChI=1S/C21H21N3O5/c1-21(2,3)18(25)17-16-15(12-5-4-8-22-24(12)17)19(26)23(20(16)27)11-6-7-13-14(9-11)29-10-28-13/h4-9,12,15-17H,10H2,1-3H3/t12-,15-,16-,17+/m0/s1. The van der Waals surface area contributed by atoms with Gasteiger partial charge in [-0.25, -0.2) is 4.90 Å². The van der Waals surface area contributed by atoms with Crippen LogP contribution in [0.3, 0.4) is 0 Å². The summed E-state index contributed by atoms with van der Waals surface area (Å²) in [4.78, 5) is 41.3. The lowest BCUT2D eigenvalue weighted by Crippen LogP contribution is -2.49. The van der Waals surface area contributed by atoms with Gasteiger partial charge in [-0.3, -0.25) is 19.4 Å². The predicted octanol–water partition coefficient (Wildman–Crippen LogP) is 1.74. The molecule has 0 saturated carbocycles. The van der Waals surface area contributed by atoms with Gasteiger partial charge in [0.05, 0.1) is 23.6 Å². The molecule has 0 aliphatic carbocycles. The minimum atomic E-state index is -0.776. The fourth-order valence-corrected chi connectivity index (χ4v) is 4.56. The van der Waals surface area contributed by atoms with E-state index in [9.17, 15) is 14.4 Å².